The maximum Gasteiger partial charge on any atom is 0.131 e. The van der Waals surface area contributed by atoms with Gasteiger partial charge < -0.3 is 19.6 Å². The van der Waals surface area contributed by atoms with Crippen LogP contribution in [0.3, 0.4) is 0 Å². The number of aromatic nitrogens is 2. The van der Waals surface area contributed by atoms with E-state index in [4.69, 9.17) is 4.74 Å². The van der Waals surface area contributed by atoms with Gasteiger partial charge in [0.2, 0.25) is 0 Å². The Balaban J connectivity index is 1.36. The minimum absolute atomic E-state index is 0.0875. The van der Waals surface area contributed by atoms with Gasteiger partial charge in [0.15, 0.2) is 0 Å². The van der Waals surface area contributed by atoms with Crippen LogP contribution in [0.5, 0.6) is 5.75 Å². The number of hydrogen-bond acceptors (Lipinski definition) is 5. The van der Waals surface area contributed by atoms with Crippen molar-refractivity contribution in [2.75, 3.05) is 26.2 Å². The van der Waals surface area contributed by atoms with E-state index in [1.54, 1.807) is 12.1 Å². The Kier molecular flexibility index (Phi) is 5.91. The van der Waals surface area contributed by atoms with Crippen molar-refractivity contribution in [2.45, 2.75) is 19.3 Å². The molecule has 0 spiro atoms. The SMILES string of the molecule is O=C([O-])c1cccc2[nH]c(/C=C/c3ccc(OCCN4CCCCC4)cc3)nc12. The second-order valence-electron chi connectivity index (χ2n) is 7.26. The summed E-state index contributed by atoms with van der Waals surface area (Å²) in [6, 6.07) is 12.9. The molecule has 6 nitrogen and oxygen atoms in total. The molecule has 1 fully saturated rings. The van der Waals surface area contributed by atoms with Gasteiger partial charge in [-0.2, -0.15) is 0 Å². The summed E-state index contributed by atoms with van der Waals surface area (Å²) in [5, 5.41) is 11.2. The van der Waals surface area contributed by atoms with Gasteiger partial charge in [0.1, 0.15) is 18.2 Å². The van der Waals surface area contributed by atoms with Crippen molar-refractivity contribution in [3.63, 3.8) is 0 Å². The summed E-state index contributed by atoms with van der Waals surface area (Å²) >= 11 is 0. The molecule has 0 bridgehead atoms. The first-order chi connectivity index (χ1) is 14.2. The number of ether oxygens (including phenoxy) is 1. The number of likely N-dealkylation sites (tertiary alicyclic amines) is 1. The first-order valence-electron chi connectivity index (χ1n) is 10.0. The smallest absolute Gasteiger partial charge is 0.131 e. The third-order valence-corrected chi connectivity index (χ3v) is 5.19. The monoisotopic (exact) mass is 390 g/mol. The fourth-order valence-corrected chi connectivity index (χ4v) is 3.62. The fourth-order valence-electron chi connectivity index (χ4n) is 3.62. The molecule has 2 aromatic carbocycles. The highest BCUT2D eigenvalue weighted by Gasteiger charge is 2.09. The van der Waals surface area contributed by atoms with Crippen LogP contribution in [0.1, 0.15) is 41.0 Å². The van der Waals surface area contributed by atoms with Crippen LogP contribution in [0, 0.1) is 0 Å². The number of imidazole rings is 1. The third-order valence-electron chi connectivity index (χ3n) is 5.19. The highest BCUT2D eigenvalue weighted by Crippen LogP contribution is 2.18. The number of carbonyl (C=O) groups excluding carboxylic acids is 1. The molecule has 1 aliphatic heterocycles. The lowest BCUT2D eigenvalue weighted by Crippen LogP contribution is -2.33. The molecule has 2 heterocycles. The number of nitrogens with zero attached hydrogens (tertiary/aromatic N) is 2. The molecule has 0 radical (unpaired) electrons. The number of carboxylic acids is 1. The van der Waals surface area contributed by atoms with E-state index in [0.29, 0.717) is 23.5 Å². The van der Waals surface area contributed by atoms with Crippen LogP contribution in [0.2, 0.25) is 0 Å². The summed E-state index contributed by atoms with van der Waals surface area (Å²) in [5.74, 6) is 0.227. The Bertz CT molecular complexity index is 1000. The highest BCUT2D eigenvalue weighted by atomic mass is 16.5. The highest BCUT2D eigenvalue weighted by molar-refractivity contribution is 6.00. The van der Waals surface area contributed by atoms with E-state index in [-0.39, 0.29) is 5.56 Å². The van der Waals surface area contributed by atoms with Gasteiger partial charge in [0, 0.05) is 12.1 Å². The lowest BCUT2D eigenvalue weighted by molar-refractivity contribution is -0.254. The lowest BCUT2D eigenvalue weighted by Gasteiger charge is -2.26. The molecule has 1 saturated heterocycles. The van der Waals surface area contributed by atoms with Crippen molar-refractivity contribution in [2.24, 2.45) is 0 Å². The summed E-state index contributed by atoms with van der Waals surface area (Å²) < 4.78 is 5.86. The number of aromatic carboxylic acids is 1. The van der Waals surface area contributed by atoms with Gasteiger partial charge in [0.25, 0.3) is 0 Å². The van der Waals surface area contributed by atoms with Crippen molar-refractivity contribution >= 4 is 29.2 Å². The summed E-state index contributed by atoms with van der Waals surface area (Å²) in [7, 11) is 0. The van der Waals surface area contributed by atoms with E-state index in [1.807, 2.05) is 36.4 Å². The first-order valence-corrected chi connectivity index (χ1v) is 10.0. The van der Waals surface area contributed by atoms with Gasteiger partial charge in [-0.15, -0.1) is 0 Å². The molecule has 1 aromatic heterocycles. The molecule has 29 heavy (non-hydrogen) atoms. The maximum atomic E-state index is 11.2. The molecule has 0 aliphatic carbocycles. The number of aromatic amines is 1. The number of para-hydroxylation sites is 1. The van der Waals surface area contributed by atoms with E-state index < -0.39 is 5.97 Å². The van der Waals surface area contributed by atoms with Gasteiger partial charge in [0.05, 0.1) is 17.0 Å². The molecule has 6 heteroatoms. The van der Waals surface area contributed by atoms with Crippen molar-refractivity contribution in [1.29, 1.82) is 0 Å². The van der Waals surface area contributed by atoms with Gasteiger partial charge in [-0.05, 0) is 55.8 Å². The Morgan fingerprint density at radius 1 is 1.10 bits per heavy atom. The Hall–Kier alpha value is -3.12. The molecule has 0 saturated carbocycles. The maximum absolute atomic E-state index is 11.2. The Morgan fingerprint density at radius 3 is 2.66 bits per heavy atom. The normalized spacial score (nSPS) is 15.2. The van der Waals surface area contributed by atoms with Crippen molar-refractivity contribution in [1.82, 2.24) is 14.9 Å². The zero-order valence-corrected chi connectivity index (χ0v) is 16.3. The number of piperidine rings is 1. The lowest BCUT2D eigenvalue weighted by atomic mass is 10.1. The van der Waals surface area contributed by atoms with E-state index >= 15 is 0 Å². The quantitative estimate of drug-likeness (QED) is 0.671. The second kappa shape index (κ2) is 8.92. The number of nitrogens with one attached hydrogen (secondary N) is 1. The van der Waals surface area contributed by atoms with E-state index in [1.165, 1.54) is 38.4 Å². The number of carbonyl (C=O) groups is 1. The topological polar surface area (TPSA) is 81.3 Å². The van der Waals surface area contributed by atoms with Crippen LogP contribution in [0.25, 0.3) is 23.2 Å². The summed E-state index contributed by atoms with van der Waals surface area (Å²) in [4.78, 5) is 21.1. The minimum Gasteiger partial charge on any atom is -0.545 e. The number of H-pyrrole nitrogens is 1. The van der Waals surface area contributed by atoms with Gasteiger partial charge in [-0.1, -0.05) is 36.8 Å². The number of hydrogen-bond donors (Lipinski definition) is 1. The van der Waals surface area contributed by atoms with Gasteiger partial charge >= 0.3 is 0 Å². The average molecular weight is 390 g/mol. The summed E-state index contributed by atoms with van der Waals surface area (Å²) in [5.41, 5.74) is 2.17. The largest absolute Gasteiger partial charge is 0.545 e. The number of carboxylic acid groups (broad SMARTS) is 1. The molecular weight excluding hydrogens is 366 g/mol. The van der Waals surface area contributed by atoms with Crippen LogP contribution in [-0.2, 0) is 0 Å². The first kappa shape index (κ1) is 19.2. The number of benzene rings is 2. The predicted molar refractivity (Wildman–Crippen MR) is 112 cm³/mol. The summed E-state index contributed by atoms with van der Waals surface area (Å²) in [6.07, 6.45) is 7.68. The predicted octanol–water partition coefficient (Wildman–Crippen LogP) is 2.96. The molecule has 0 unspecified atom stereocenters. The molecule has 0 amide bonds. The standard InChI is InChI=1S/C23H25N3O3/c27-23(28)19-5-4-6-20-22(19)25-21(24-20)12-9-17-7-10-18(11-8-17)29-16-15-26-13-2-1-3-14-26/h4-12H,1-3,13-16H2,(H,24,25)(H,27,28)/p-1/b12-9+. The van der Waals surface area contributed by atoms with Crippen LogP contribution in [0.4, 0.5) is 0 Å². The Labute approximate surface area is 169 Å². The second-order valence-corrected chi connectivity index (χ2v) is 7.26. The fraction of sp³-hybridized carbons (Fsp3) is 0.304. The molecule has 4 rings (SSSR count). The third kappa shape index (κ3) is 4.84. The van der Waals surface area contributed by atoms with Gasteiger partial charge in [-0.25, -0.2) is 4.98 Å². The van der Waals surface area contributed by atoms with Crippen molar-refractivity contribution < 1.29 is 14.6 Å². The molecule has 0 atom stereocenters. The van der Waals surface area contributed by atoms with Crippen molar-refractivity contribution in [3.05, 3.63) is 59.4 Å². The van der Waals surface area contributed by atoms with Crippen LogP contribution < -0.4 is 9.84 Å². The van der Waals surface area contributed by atoms with E-state index in [2.05, 4.69) is 14.9 Å². The molecule has 1 N–H and O–H groups in total. The van der Waals surface area contributed by atoms with Crippen LogP contribution in [-0.4, -0.2) is 47.1 Å². The van der Waals surface area contributed by atoms with Crippen LogP contribution >= 0.6 is 0 Å². The Morgan fingerprint density at radius 2 is 1.90 bits per heavy atom. The molecule has 3 aromatic rings. The summed E-state index contributed by atoms with van der Waals surface area (Å²) in [6.45, 7) is 4.04. The molecule has 150 valence electrons. The van der Waals surface area contributed by atoms with E-state index in [9.17, 15) is 9.90 Å². The minimum atomic E-state index is -1.23. The zero-order chi connectivity index (χ0) is 20.1. The van der Waals surface area contributed by atoms with Crippen LogP contribution in [0.15, 0.2) is 42.5 Å². The average Bonchev–Trinajstić information content (AvgIpc) is 3.17. The number of rotatable bonds is 7. The molecule has 1 aliphatic rings. The van der Waals surface area contributed by atoms with Crippen molar-refractivity contribution in [3.8, 4) is 5.75 Å². The van der Waals surface area contributed by atoms with E-state index in [0.717, 1.165) is 17.9 Å². The number of fused-ring (bicyclic) bond motifs is 1. The van der Waals surface area contributed by atoms with Gasteiger partial charge in [-0.3, -0.25) is 4.90 Å². The zero-order valence-electron chi connectivity index (χ0n) is 16.3. The molecular formula is C23H24N3O3-.